The predicted octanol–water partition coefficient (Wildman–Crippen LogP) is 6.80. The van der Waals surface area contributed by atoms with E-state index in [9.17, 15) is 14.7 Å². The number of ether oxygens (including phenoxy) is 2. The van der Waals surface area contributed by atoms with Crippen LogP contribution in [-0.4, -0.2) is 35.4 Å². The molecule has 1 rings (SSSR count). The third-order valence-electron chi connectivity index (χ3n) is 6.17. The van der Waals surface area contributed by atoms with Crippen molar-refractivity contribution in [1.29, 1.82) is 0 Å². The smallest absolute Gasteiger partial charge is 0.334 e. The monoisotopic (exact) mass is 452 g/mol. The normalized spacial score (nSPS) is 16.7. The van der Waals surface area contributed by atoms with Crippen LogP contribution >= 0.6 is 0 Å². The molecular formula is C27H48O5. The first-order chi connectivity index (χ1) is 15.5. The van der Waals surface area contributed by atoms with Crippen molar-refractivity contribution in [3.05, 3.63) is 12.2 Å². The van der Waals surface area contributed by atoms with Crippen LogP contribution in [0.4, 0.5) is 0 Å². The van der Waals surface area contributed by atoms with Gasteiger partial charge < -0.3 is 14.6 Å². The molecule has 186 valence electrons. The highest BCUT2D eigenvalue weighted by atomic mass is 16.6. The molecule has 0 aromatic carbocycles. The largest absolute Gasteiger partial charge is 0.462 e. The summed E-state index contributed by atoms with van der Waals surface area (Å²) in [6, 6.07) is 0. The van der Waals surface area contributed by atoms with Crippen molar-refractivity contribution < 1.29 is 24.2 Å². The van der Waals surface area contributed by atoms with Crippen molar-refractivity contribution in [1.82, 2.24) is 0 Å². The van der Waals surface area contributed by atoms with E-state index in [0.717, 1.165) is 64.2 Å². The second-order valence-electron chi connectivity index (χ2n) is 9.35. The number of carbonyl (C=O) groups is 2. The van der Waals surface area contributed by atoms with Crippen LogP contribution in [0.2, 0.25) is 0 Å². The molecule has 1 saturated carbocycles. The Hall–Kier alpha value is -1.36. The number of esters is 2. The van der Waals surface area contributed by atoms with Gasteiger partial charge in [0.1, 0.15) is 18.3 Å². The summed E-state index contributed by atoms with van der Waals surface area (Å²) in [5, 5.41) is 9.40. The lowest BCUT2D eigenvalue weighted by Crippen LogP contribution is -2.25. The van der Waals surface area contributed by atoms with Gasteiger partial charge in [0.05, 0.1) is 0 Å². The van der Waals surface area contributed by atoms with Crippen LogP contribution < -0.4 is 0 Å². The molecule has 0 saturated heterocycles. The van der Waals surface area contributed by atoms with Gasteiger partial charge in [0.2, 0.25) is 0 Å². The average molecular weight is 453 g/mol. The van der Waals surface area contributed by atoms with Gasteiger partial charge in [-0.2, -0.15) is 0 Å². The van der Waals surface area contributed by atoms with Crippen molar-refractivity contribution in [3.63, 3.8) is 0 Å². The van der Waals surface area contributed by atoms with Gasteiger partial charge in [-0.3, -0.25) is 4.79 Å². The molecule has 2 atom stereocenters. The van der Waals surface area contributed by atoms with Gasteiger partial charge in [-0.05, 0) is 64.7 Å². The number of aliphatic hydroxyl groups excluding tert-OH is 1. The van der Waals surface area contributed by atoms with Crippen LogP contribution in [0.15, 0.2) is 12.2 Å². The summed E-state index contributed by atoms with van der Waals surface area (Å²) in [4.78, 5) is 23.6. The lowest BCUT2D eigenvalue weighted by molar-refractivity contribution is -0.158. The van der Waals surface area contributed by atoms with E-state index in [4.69, 9.17) is 9.47 Å². The number of allylic oxidation sites excluding steroid dienone is 1. The summed E-state index contributed by atoms with van der Waals surface area (Å²) in [6.07, 6.45) is 22.2. The fourth-order valence-corrected chi connectivity index (χ4v) is 4.14. The fraction of sp³-hybridized carbons (Fsp3) is 0.852. The van der Waals surface area contributed by atoms with Gasteiger partial charge in [-0.15, -0.1) is 0 Å². The van der Waals surface area contributed by atoms with E-state index in [1.807, 2.05) is 0 Å². The maximum absolute atomic E-state index is 11.9. The molecule has 0 amide bonds. The maximum Gasteiger partial charge on any atom is 0.334 e. The van der Waals surface area contributed by atoms with Gasteiger partial charge in [-0.25, -0.2) is 4.79 Å². The first-order valence-corrected chi connectivity index (χ1v) is 13.3. The van der Waals surface area contributed by atoms with Crippen molar-refractivity contribution >= 4 is 11.9 Å². The second-order valence-corrected chi connectivity index (χ2v) is 9.35. The molecule has 1 aliphatic rings. The molecule has 1 fully saturated rings. The Morgan fingerprint density at radius 3 is 2.34 bits per heavy atom. The molecule has 0 bridgehead atoms. The highest BCUT2D eigenvalue weighted by Gasteiger charge is 2.18. The fourth-order valence-electron chi connectivity index (χ4n) is 4.14. The van der Waals surface area contributed by atoms with Crippen LogP contribution in [0, 0.1) is 0 Å². The van der Waals surface area contributed by atoms with E-state index in [1.165, 1.54) is 45.4 Å². The van der Waals surface area contributed by atoms with Crippen LogP contribution in [-0.2, 0) is 19.1 Å². The molecule has 0 radical (unpaired) electrons. The van der Waals surface area contributed by atoms with Gasteiger partial charge >= 0.3 is 11.9 Å². The zero-order valence-corrected chi connectivity index (χ0v) is 20.7. The molecule has 5 nitrogen and oxygen atoms in total. The summed E-state index contributed by atoms with van der Waals surface area (Å²) in [5.74, 6) is -0.540. The van der Waals surface area contributed by atoms with Crippen molar-refractivity contribution in [2.45, 2.75) is 148 Å². The molecule has 0 aromatic heterocycles. The van der Waals surface area contributed by atoms with Gasteiger partial charge in [0.15, 0.2) is 0 Å². The molecule has 0 aliphatic heterocycles. The van der Waals surface area contributed by atoms with Gasteiger partial charge in [0, 0.05) is 12.8 Å². The van der Waals surface area contributed by atoms with Crippen LogP contribution in [0.5, 0.6) is 0 Å². The average Bonchev–Trinajstić information content (AvgIpc) is 2.78. The lowest BCUT2D eigenvalue weighted by atomic mass is 9.98. The molecule has 32 heavy (non-hydrogen) atoms. The molecule has 0 heterocycles. The van der Waals surface area contributed by atoms with E-state index < -0.39 is 12.1 Å². The highest BCUT2D eigenvalue weighted by molar-refractivity contribution is 5.74. The highest BCUT2D eigenvalue weighted by Crippen LogP contribution is 2.21. The quantitative estimate of drug-likeness (QED) is 0.141. The minimum atomic E-state index is -1.06. The Morgan fingerprint density at radius 2 is 1.62 bits per heavy atom. The summed E-state index contributed by atoms with van der Waals surface area (Å²) < 4.78 is 11.0. The van der Waals surface area contributed by atoms with E-state index in [-0.39, 0.29) is 18.2 Å². The zero-order valence-electron chi connectivity index (χ0n) is 20.7. The predicted molar refractivity (Wildman–Crippen MR) is 129 cm³/mol. The number of aliphatic hydroxyl groups is 1. The number of unbranched alkanes of at least 4 members (excludes halogenated alkanes) is 8. The molecule has 1 aliphatic carbocycles. The summed E-state index contributed by atoms with van der Waals surface area (Å²) in [5.41, 5.74) is 0. The van der Waals surface area contributed by atoms with E-state index >= 15 is 0 Å². The van der Waals surface area contributed by atoms with Crippen LogP contribution in [0.3, 0.4) is 0 Å². The Labute approximate surface area is 196 Å². The van der Waals surface area contributed by atoms with Crippen molar-refractivity contribution in [2.75, 3.05) is 0 Å². The maximum atomic E-state index is 11.9. The summed E-state index contributed by atoms with van der Waals surface area (Å²) >= 11 is 0. The second kappa shape index (κ2) is 19.1. The summed E-state index contributed by atoms with van der Waals surface area (Å²) in [7, 11) is 0. The van der Waals surface area contributed by atoms with Gasteiger partial charge in [0.25, 0.3) is 0 Å². The van der Waals surface area contributed by atoms with Crippen LogP contribution in [0.25, 0.3) is 0 Å². The number of hydrogen-bond acceptors (Lipinski definition) is 5. The Morgan fingerprint density at radius 1 is 0.938 bits per heavy atom. The molecular weight excluding hydrogens is 404 g/mol. The Bertz CT molecular complexity index is 508. The minimum absolute atomic E-state index is 0.0135. The standard InChI is InChI=1S/C27H48O5/c1-3-4-5-13-20-25(32-27(30)23(2)28)21-14-10-8-6-7-9-11-17-22-26(29)31-24-18-15-12-16-19-24/h10,14,23-25,28H,3-9,11-13,15-22H2,1-2H3/b14-10-/t23?,25-/m1/s1. The Kier molecular flexibility index (Phi) is 17.2. The third-order valence-corrected chi connectivity index (χ3v) is 6.17. The third kappa shape index (κ3) is 15.4. The molecule has 0 spiro atoms. The number of hydrogen-bond donors (Lipinski definition) is 1. The lowest BCUT2D eigenvalue weighted by Gasteiger charge is -2.21. The van der Waals surface area contributed by atoms with E-state index in [1.54, 1.807) is 0 Å². The minimum Gasteiger partial charge on any atom is -0.462 e. The first-order valence-electron chi connectivity index (χ1n) is 13.3. The first kappa shape index (κ1) is 28.7. The van der Waals surface area contributed by atoms with Crippen molar-refractivity contribution in [3.8, 4) is 0 Å². The Balaban J connectivity index is 2.06. The van der Waals surface area contributed by atoms with Crippen LogP contribution in [0.1, 0.15) is 129 Å². The topological polar surface area (TPSA) is 72.8 Å². The van der Waals surface area contributed by atoms with Gasteiger partial charge in [-0.1, -0.05) is 64.0 Å². The molecule has 1 unspecified atom stereocenters. The zero-order chi connectivity index (χ0) is 23.4. The SMILES string of the molecule is CCCCCC[C@H](C/C=C\CCCCCCCC(=O)OC1CCCCC1)OC(=O)C(C)O. The van der Waals surface area contributed by atoms with E-state index in [2.05, 4.69) is 19.1 Å². The van der Waals surface area contributed by atoms with Crippen molar-refractivity contribution in [2.24, 2.45) is 0 Å². The molecule has 1 N–H and O–H groups in total. The molecule has 0 aromatic rings. The number of carbonyl (C=O) groups excluding carboxylic acids is 2. The summed E-state index contributed by atoms with van der Waals surface area (Å²) in [6.45, 7) is 3.63. The van der Waals surface area contributed by atoms with E-state index in [0.29, 0.717) is 12.8 Å². The number of rotatable bonds is 18. The molecule has 5 heteroatoms.